The molecule has 0 aliphatic heterocycles. The fourth-order valence-electron chi connectivity index (χ4n) is 2.33. The van der Waals surface area contributed by atoms with Gasteiger partial charge in [0.05, 0.1) is 0 Å². The number of benzene rings is 1. The van der Waals surface area contributed by atoms with Gasteiger partial charge >= 0.3 is 0 Å². The second kappa shape index (κ2) is 9.93. The van der Waals surface area contributed by atoms with Crippen molar-refractivity contribution in [2.24, 2.45) is 0 Å². The number of rotatable bonds is 5. The first-order valence-corrected chi connectivity index (χ1v) is 8.24. The Kier molecular flexibility index (Phi) is 8.27. The maximum Gasteiger partial charge on any atom is 0.213 e. The van der Waals surface area contributed by atoms with Crippen LogP contribution in [0.4, 0.5) is 4.39 Å². The predicted octanol–water partition coefficient (Wildman–Crippen LogP) is 4.35. The highest BCUT2D eigenvalue weighted by Gasteiger charge is 2.07. The highest BCUT2D eigenvalue weighted by Crippen LogP contribution is 2.09. The molecule has 130 valence electrons. The summed E-state index contributed by atoms with van der Waals surface area (Å²) in [6, 6.07) is 11.6. The van der Waals surface area contributed by atoms with E-state index in [4.69, 9.17) is 0 Å². The van der Waals surface area contributed by atoms with Crippen LogP contribution in [0.3, 0.4) is 0 Å². The molecule has 0 aliphatic rings. The van der Waals surface area contributed by atoms with Gasteiger partial charge in [-0.25, -0.2) is 4.98 Å². The van der Waals surface area contributed by atoms with E-state index in [1.165, 1.54) is 12.3 Å². The Hall–Kier alpha value is -2.07. The quantitative estimate of drug-likeness (QED) is 0.655. The molecular formula is C20H27FN2O. The minimum atomic E-state index is -0.556. The largest absolute Gasteiger partial charge is 0.312 e. The summed E-state index contributed by atoms with van der Waals surface area (Å²) in [7, 11) is 0. The summed E-state index contributed by atoms with van der Waals surface area (Å²) in [5.74, 6) is -0.571. The van der Waals surface area contributed by atoms with Gasteiger partial charge in [0.1, 0.15) is 0 Å². The summed E-state index contributed by atoms with van der Waals surface area (Å²) in [6.07, 6.45) is 1.57. The molecule has 0 radical (unpaired) electrons. The van der Waals surface area contributed by atoms with E-state index in [-0.39, 0.29) is 12.2 Å². The van der Waals surface area contributed by atoms with Gasteiger partial charge < -0.3 is 5.32 Å². The summed E-state index contributed by atoms with van der Waals surface area (Å²) in [6.45, 7) is 10.5. The number of aryl methyl sites for hydroxylation is 1. The first kappa shape index (κ1) is 20.0. The lowest BCUT2D eigenvalue weighted by Crippen LogP contribution is -2.29. The van der Waals surface area contributed by atoms with Crippen molar-refractivity contribution in [3.05, 3.63) is 65.2 Å². The third-order valence-electron chi connectivity index (χ3n) is 3.16. The monoisotopic (exact) mass is 330 g/mol. The second-order valence-corrected chi connectivity index (χ2v) is 6.43. The van der Waals surface area contributed by atoms with Gasteiger partial charge in [0.2, 0.25) is 5.95 Å². The lowest BCUT2D eigenvalue weighted by Gasteiger charge is -2.10. The van der Waals surface area contributed by atoms with Crippen molar-refractivity contribution < 1.29 is 9.18 Å². The maximum absolute atomic E-state index is 12.9. The van der Waals surface area contributed by atoms with E-state index in [0.29, 0.717) is 23.2 Å². The normalized spacial score (nSPS) is 10.5. The van der Waals surface area contributed by atoms with Gasteiger partial charge in [-0.15, -0.1) is 0 Å². The Morgan fingerprint density at radius 2 is 1.79 bits per heavy atom. The van der Waals surface area contributed by atoms with Crippen molar-refractivity contribution in [3.63, 3.8) is 0 Å². The smallest absolute Gasteiger partial charge is 0.213 e. The van der Waals surface area contributed by atoms with E-state index < -0.39 is 5.95 Å². The summed E-state index contributed by atoms with van der Waals surface area (Å²) in [5.41, 5.74) is 2.34. The zero-order valence-corrected chi connectivity index (χ0v) is 15.1. The number of carbonyl (C=O) groups excluding carboxylic acids is 1. The third-order valence-corrected chi connectivity index (χ3v) is 3.16. The molecule has 0 unspecified atom stereocenters. The molecule has 1 aromatic heterocycles. The van der Waals surface area contributed by atoms with Crippen LogP contribution in [-0.4, -0.2) is 22.9 Å². The second-order valence-electron chi connectivity index (χ2n) is 6.43. The first-order chi connectivity index (χ1) is 11.3. The summed E-state index contributed by atoms with van der Waals surface area (Å²) in [4.78, 5) is 15.4. The van der Waals surface area contributed by atoms with Gasteiger partial charge in [-0.3, -0.25) is 4.79 Å². The summed E-state index contributed by atoms with van der Waals surface area (Å²) >= 11 is 0. The van der Waals surface area contributed by atoms with E-state index in [1.807, 2.05) is 25.1 Å². The standard InChI is InChI=1S/C14H12FNO.C6H15N/c1-10-3-2-4-12(7-10)13(17)8-11-5-6-16-14(15)9-11;1-5(2)7-6(3)4/h2-7,9H,8H2,1H3;5-7H,1-4H3. The fraction of sp³-hybridized carbons (Fsp3) is 0.400. The Balaban J connectivity index is 0.000000351. The van der Waals surface area contributed by atoms with Crippen LogP contribution in [0, 0.1) is 12.9 Å². The molecule has 0 spiro atoms. The maximum atomic E-state index is 12.9. The van der Waals surface area contributed by atoms with Crippen LogP contribution in [0.15, 0.2) is 42.6 Å². The molecule has 0 saturated heterocycles. The fourth-order valence-corrected chi connectivity index (χ4v) is 2.33. The van der Waals surface area contributed by atoms with Crippen molar-refractivity contribution >= 4 is 5.78 Å². The number of carbonyl (C=O) groups is 1. The van der Waals surface area contributed by atoms with Crippen LogP contribution in [0.1, 0.15) is 49.2 Å². The van der Waals surface area contributed by atoms with Gasteiger partial charge in [0.15, 0.2) is 5.78 Å². The Labute approximate surface area is 144 Å². The van der Waals surface area contributed by atoms with Gasteiger partial charge in [0, 0.05) is 30.3 Å². The lowest BCUT2D eigenvalue weighted by molar-refractivity contribution is 0.0993. The SMILES string of the molecule is CC(C)NC(C)C.Cc1cccc(C(=O)Cc2ccnc(F)c2)c1. The molecule has 1 aromatic carbocycles. The number of aromatic nitrogens is 1. The molecule has 0 amide bonds. The van der Waals surface area contributed by atoms with E-state index in [9.17, 15) is 9.18 Å². The van der Waals surface area contributed by atoms with Crippen molar-refractivity contribution in [1.82, 2.24) is 10.3 Å². The van der Waals surface area contributed by atoms with Crippen LogP contribution >= 0.6 is 0 Å². The van der Waals surface area contributed by atoms with Crippen molar-refractivity contribution in [3.8, 4) is 0 Å². The molecule has 2 aromatic rings. The lowest BCUT2D eigenvalue weighted by atomic mass is 10.0. The first-order valence-electron chi connectivity index (χ1n) is 8.24. The average Bonchev–Trinajstić information content (AvgIpc) is 2.46. The number of halogens is 1. The molecule has 0 saturated carbocycles. The molecule has 0 atom stereocenters. The molecule has 0 aliphatic carbocycles. The van der Waals surface area contributed by atoms with Crippen molar-refractivity contribution in [1.29, 1.82) is 0 Å². The van der Waals surface area contributed by atoms with Crippen LogP contribution in [0.5, 0.6) is 0 Å². The molecule has 3 nitrogen and oxygen atoms in total. The van der Waals surface area contributed by atoms with Gasteiger partial charge in [-0.1, -0.05) is 51.5 Å². The van der Waals surface area contributed by atoms with E-state index >= 15 is 0 Å². The number of pyridine rings is 1. The number of hydrogen-bond donors (Lipinski definition) is 1. The molecular weight excluding hydrogens is 303 g/mol. The van der Waals surface area contributed by atoms with Crippen LogP contribution in [0.25, 0.3) is 0 Å². The third kappa shape index (κ3) is 7.97. The summed E-state index contributed by atoms with van der Waals surface area (Å²) in [5, 5.41) is 3.31. The van der Waals surface area contributed by atoms with Crippen LogP contribution in [-0.2, 0) is 6.42 Å². The Bertz CT molecular complexity index is 648. The minimum Gasteiger partial charge on any atom is -0.312 e. The molecule has 24 heavy (non-hydrogen) atoms. The molecule has 0 bridgehead atoms. The Morgan fingerprint density at radius 1 is 1.12 bits per heavy atom. The molecule has 4 heteroatoms. The zero-order chi connectivity index (χ0) is 18.1. The average molecular weight is 330 g/mol. The molecule has 1 heterocycles. The van der Waals surface area contributed by atoms with Gasteiger partial charge in [-0.05, 0) is 30.7 Å². The molecule has 1 N–H and O–H groups in total. The van der Waals surface area contributed by atoms with E-state index in [1.54, 1.807) is 12.1 Å². The highest BCUT2D eigenvalue weighted by molar-refractivity contribution is 5.97. The minimum absolute atomic E-state index is 0.0145. The number of hydrogen-bond acceptors (Lipinski definition) is 3. The zero-order valence-electron chi connectivity index (χ0n) is 15.1. The number of nitrogens with zero attached hydrogens (tertiary/aromatic N) is 1. The van der Waals surface area contributed by atoms with Crippen molar-refractivity contribution in [2.75, 3.05) is 0 Å². The number of ketones is 1. The van der Waals surface area contributed by atoms with E-state index in [2.05, 4.69) is 38.0 Å². The van der Waals surface area contributed by atoms with Crippen LogP contribution < -0.4 is 5.32 Å². The topological polar surface area (TPSA) is 42.0 Å². The summed E-state index contributed by atoms with van der Waals surface area (Å²) < 4.78 is 12.9. The molecule has 0 fully saturated rings. The number of Topliss-reactive ketones (excluding diaryl/α,β-unsaturated/α-hetero) is 1. The van der Waals surface area contributed by atoms with Gasteiger partial charge in [0.25, 0.3) is 0 Å². The van der Waals surface area contributed by atoms with Gasteiger partial charge in [-0.2, -0.15) is 4.39 Å². The van der Waals surface area contributed by atoms with Crippen molar-refractivity contribution in [2.45, 2.75) is 53.1 Å². The predicted molar refractivity (Wildman–Crippen MR) is 96.8 cm³/mol. The van der Waals surface area contributed by atoms with Crippen LogP contribution in [0.2, 0.25) is 0 Å². The molecule has 2 rings (SSSR count). The number of nitrogens with one attached hydrogen (secondary N) is 1. The highest BCUT2D eigenvalue weighted by atomic mass is 19.1. The Morgan fingerprint density at radius 3 is 2.29 bits per heavy atom. The van der Waals surface area contributed by atoms with E-state index in [0.717, 1.165) is 5.56 Å².